The molecule has 1 aromatic heterocycles. The summed E-state index contributed by atoms with van der Waals surface area (Å²) < 4.78 is 15.3. The van der Waals surface area contributed by atoms with Gasteiger partial charge in [-0.2, -0.15) is 16.9 Å². The fourth-order valence-electron chi connectivity index (χ4n) is 3.30. The smallest absolute Gasteiger partial charge is 0.258 e. The molecule has 5 nitrogen and oxygen atoms in total. The number of aromatic nitrogens is 2. The quantitative estimate of drug-likeness (QED) is 0.721. The Morgan fingerprint density at radius 2 is 1.93 bits per heavy atom. The summed E-state index contributed by atoms with van der Waals surface area (Å²) >= 11 is 1.98. The lowest BCUT2D eigenvalue weighted by Crippen LogP contribution is -2.32. The molecule has 0 unspecified atom stereocenters. The highest BCUT2D eigenvalue weighted by Crippen LogP contribution is 2.26. The monoisotopic (exact) mass is 396 g/mol. The van der Waals surface area contributed by atoms with Gasteiger partial charge in [-0.1, -0.05) is 12.1 Å². The molecule has 1 N–H and O–H groups in total. The first-order valence-corrected chi connectivity index (χ1v) is 10.3. The van der Waals surface area contributed by atoms with Crippen LogP contribution >= 0.6 is 11.8 Å². The first-order chi connectivity index (χ1) is 13.6. The molecule has 1 amide bonds. The number of rotatable bonds is 4. The Morgan fingerprint density at radius 3 is 2.68 bits per heavy atom. The maximum absolute atomic E-state index is 13.9. The SMILES string of the molecule is Cc1cc(NC(=O)c2cnn(-c3ccccc3F)c2)ccc1N1CCSCC1. The molecule has 0 spiro atoms. The maximum atomic E-state index is 13.9. The molecule has 4 rings (SSSR count). The predicted octanol–water partition coefficient (Wildman–Crippen LogP) is 4.13. The number of thioether (sulfide) groups is 1. The van der Waals surface area contributed by atoms with Gasteiger partial charge in [-0.05, 0) is 42.8 Å². The van der Waals surface area contributed by atoms with E-state index in [1.165, 1.54) is 28.8 Å². The van der Waals surface area contributed by atoms with Gasteiger partial charge in [0.25, 0.3) is 5.91 Å². The van der Waals surface area contributed by atoms with Crippen molar-refractivity contribution in [3.8, 4) is 5.69 Å². The molecule has 2 aromatic carbocycles. The fraction of sp³-hybridized carbons (Fsp3) is 0.238. The lowest BCUT2D eigenvalue weighted by molar-refractivity contribution is 0.102. The third-order valence-electron chi connectivity index (χ3n) is 4.75. The second-order valence-electron chi connectivity index (χ2n) is 6.68. The Labute approximate surface area is 167 Å². The number of nitrogens with one attached hydrogen (secondary N) is 1. The van der Waals surface area contributed by atoms with Crippen LogP contribution in [0.1, 0.15) is 15.9 Å². The Morgan fingerprint density at radius 1 is 1.14 bits per heavy atom. The summed E-state index contributed by atoms with van der Waals surface area (Å²) in [6.45, 7) is 4.15. The average Bonchev–Trinajstić information content (AvgIpc) is 3.19. The lowest BCUT2D eigenvalue weighted by atomic mass is 10.1. The van der Waals surface area contributed by atoms with Crippen LogP contribution in [0.3, 0.4) is 0 Å². The van der Waals surface area contributed by atoms with E-state index in [4.69, 9.17) is 0 Å². The normalized spacial score (nSPS) is 14.1. The summed E-state index contributed by atoms with van der Waals surface area (Å²) in [5.41, 5.74) is 3.76. The molecule has 1 fully saturated rings. The molecule has 28 heavy (non-hydrogen) atoms. The van der Waals surface area contributed by atoms with Gasteiger partial charge in [0.05, 0.1) is 11.8 Å². The molecule has 1 saturated heterocycles. The Kier molecular flexibility index (Phi) is 5.34. The molecule has 0 aliphatic carbocycles. The van der Waals surface area contributed by atoms with Crippen LogP contribution in [-0.2, 0) is 0 Å². The maximum Gasteiger partial charge on any atom is 0.258 e. The summed E-state index contributed by atoms with van der Waals surface area (Å²) in [5, 5.41) is 7.01. The van der Waals surface area contributed by atoms with Crippen LogP contribution in [0.15, 0.2) is 54.9 Å². The number of carbonyl (C=O) groups is 1. The predicted molar refractivity (Wildman–Crippen MR) is 112 cm³/mol. The summed E-state index contributed by atoms with van der Waals surface area (Å²) in [6, 6.07) is 12.3. The first-order valence-electron chi connectivity index (χ1n) is 9.16. The van der Waals surface area contributed by atoms with Gasteiger partial charge in [-0.3, -0.25) is 4.79 Å². The van der Waals surface area contributed by atoms with Crippen LogP contribution < -0.4 is 10.2 Å². The number of benzene rings is 2. The molecule has 0 saturated carbocycles. The Hall–Kier alpha value is -2.80. The molecule has 0 bridgehead atoms. The van der Waals surface area contributed by atoms with Gasteiger partial charge >= 0.3 is 0 Å². The summed E-state index contributed by atoms with van der Waals surface area (Å²) in [5.74, 6) is 1.62. The number of amides is 1. The van der Waals surface area contributed by atoms with Gasteiger partial charge in [-0.15, -0.1) is 0 Å². The van der Waals surface area contributed by atoms with Gasteiger partial charge in [0.15, 0.2) is 0 Å². The second kappa shape index (κ2) is 8.06. The van der Waals surface area contributed by atoms with Gasteiger partial charge in [0.2, 0.25) is 0 Å². The lowest BCUT2D eigenvalue weighted by Gasteiger charge is -2.30. The van der Waals surface area contributed by atoms with Crippen molar-refractivity contribution in [2.45, 2.75) is 6.92 Å². The van der Waals surface area contributed by atoms with Gasteiger partial charge in [0, 0.05) is 42.2 Å². The Bertz CT molecular complexity index is 998. The minimum absolute atomic E-state index is 0.274. The van der Waals surface area contributed by atoms with Crippen molar-refractivity contribution >= 4 is 29.0 Å². The van der Waals surface area contributed by atoms with E-state index in [9.17, 15) is 9.18 Å². The molecule has 2 heterocycles. The largest absolute Gasteiger partial charge is 0.370 e. The van der Waals surface area contributed by atoms with E-state index >= 15 is 0 Å². The van der Waals surface area contributed by atoms with Crippen LogP contribution in [0, 0.1) is 12.7 Å². The number of carbonyl (C=O) groups excluding carboxylic acids is 1. The highest BCUT2D eigenvalue weighted by molar-refractivity contribution is 7.99. The summed E-state index contributed by atoms with van der Waals surface area (Å²) in [4.78, 5) is 15.0. The number of anilines is 2. The summed E-state index contributed by atoms with van der Waals surface area (Å²) in [7, 11) is 0. The van der Waals surface area contributed by atoms with E-state index in [0.29, 0.717) is 11.3 Å². The molecule has 1 aliphatic heterocycles. The third-order valence-corrected chi connectivity index (χ3v) is 5.69. The van der Waals surface area contributed by atoms with Crippen molar-refractivity contribution in [1.82, 2.24) is 9.78 Å². The van der Waals surface area contributed by atoms with Crippen LogP contribution in [-0.4, -0.2) is 40.3 Å². The average molecular weight is 396 g/mol. The zero-order valence-electron chi connectivity index (χ0n) is 15.6. The highest BCUT2D eigenvalue weighted by Gasteiger charge is 2.15. The van der Waals surface area contributed by atoms with Crippen molar-refractivity contribution < 1.29 is 9.18 Å². The van der Waals surface area contributed by atoms with Crippen molar-refractivity contribution in [2.75, 3.05) is 34.8 Å². The van der Waals surface area contributed by atoms with Crippen LogP contribution in [0.25, 0.3) is 5.69 Å². The molecule has 1 aliphatic rings. The van der Waals surface area contributed by atoms with Crippen molar-refractivity contribution in [3.05, 3.63) is 71.8 Å². The molecule has 3 aromatic rings. The number of aryl methyl sites for hydroxylation is 1. The second-order valence-corrected chi connectivity index (χ2v) is 7.90. The van der Waals surface area contributed by atoms with Crippen LogP contribution in [0.4, 0.5) is 15.8 Å². The zero-order chi connectivity index (χ0) is 19.5. The number of halogens is 1. The summed E-state index contributed by atoms with van der Waals surface area (Å²) in [6.07, 6.45) is 2.97. The zero-order valence-corrected chi connectivity index (χ0v) is 16.4. The van der Waals surface area contributed by atoms with Crippen molar-refractivity contribution in [1.29, 1.82) is 0 Å². The van der Waals surface area contributed by atoms with Gasteiger partial charge in [0.1, 0.15) is 11.5 Å². The number of nitrogens with zero attached hydrogens (tertiary/aromatic N) is 3. The Balaban J connectivity index is 1.48. The van der Waals surface area contributed by atoms with E-state index < -0.39 is 0 Å². The van der Waals surface area contributed by atoms with Crippen LogP contribution in [0.5, 0.6) is 0 Å². The first kappa shape index (κ1) is 18.6. The third kappa shape index (κ3) is 3.89. The van der Waals surface area contributed by atoms with Crippen molar-refractivity contribution in [3.63, 3.8) is 0 Å². The number of hydrogen-bond acceptors (Lipinski definition) is 4. The van der Waals surface area contributed by atoms with E-state index in [-0.39, 0.29) is 11.7 Å². The highest BCUT2D eigenvalue weighted by atomic mass is 32.2. The van der Waals surface area contributed by atoms with E-state index in [0.717, 1.165) is 35.8 Å². The molecule has 144 valence electrons. The van der Waals surface area contributed by atoms with Gasteiger partial charge < -0.3 is 10.2 Å². The number of para-hydroxylation sites is 1. The molecular formula is C21H21FN4OS. The minimum Gasteiger partial charge on any atom is -0.370 e. The fourth-order valence-corrected chi connectivity index (χ4v) is 4.21. The van der Waals surface area contributed by atoms with E-state index in [1.54, 1.807) is 18.2 Å². The minimum atomic E-state index is -0.389. The van der Waals surface area contributed by atoms with Crippen molar-refractivity contribution in [2.24, 2.45) is 0 Å². The van der Waals surface area contributed by atoms with E-state index in [1.807, 2.05) is 23.9 Å². The molecule has 0 atom stereocenters. The standard InChI is InChI=1S/C21H21FN4OS/c1-15-12-17(6-7-19(15)25-8-10-28-11-9-25)24-21(27)16-13-23-26(14-16)20-5-3-2-4-18(20)22/h2-7,12-14H,8-11H2,1H3,(H,24,27). The topological polar surface area (TPSA) is 50.2 Å². The van der Waals surface area contributed by atoms with Crippen LogP contribution in [0.2, 0.25) is 0 Å². The van der Waals surface area contributed by atoms with Gasteiger partial charge in [-0.25, -0.2) is 9.07 Å². The molecular weight excluding hydrogens is 375 g/mol. The molecule has 0 radical (unpaired) electrons. The van der Waals surface area contributed by atoms with E-state index in [2.05, 4.69) is 28.3 Å². The molecule has 7 heteroatoms. The number of hydrogen-bond donors (Lipinski definition) is 1.